The molecular weight excluding hydrogens is 498 g/mol. The number of rotatable bonds is 13. The third-order valence-corrected chi connectivity index (χ3v) is 6.76. The molecule has 8 nitrogen and oxygen atoms in total. The summed E-state index contributed by atoms with van der Waals surface area (Å²) in [5, 5.41) is 12.3. The number of carbonyl (C=O) groups is 1. The molecule has 0 unspecified atom stereocenters. The highest BCUT2D eigenvalue weighted by atomic mass is 32.2. The SMILES string of the molecule is CCOc1ccc(-n2c(COc3ccccc3)nnc2SCC(=O)Nc2ccc(N(CC)CC)cc2)cc1. The van der Waals surface area contributed by atoms with E-state index in [4.69, 9.17) is 9.47 Å². The number of anilines is 2. The number of hydrogen-bond acceptors (Lipinski definition) is 7. The molecule has 1 aromatic heterocycles. The highest BCUT2D eigenvalue weighted by Crippen LogP contribution is 2.25. The van der Waals surface area contributed by atoms with E-state index in [2.05, 4.69) is 34.3 Å². The van der Waals surface area contributed by atoms with Crippen molar-refractivity contribution in [1.82, 2.24) is 14.8 Å². The van der Waals surface area contributed by atoms with Gasteiger partial charge in [0.1, 0.15) is 18.1 Å². The number of nitrogens with zero attached hydrogens (tertiary/aromatic N) is 4. The second-order valence-corrected chi connectivity index (χ2v) is 9.26. The number of amides is 1. The number of para-hydroxylation sites is 1. The van der Waals surface area contributed by atoms with Crippen LogP contribution < -0.4 is 19.7 Å². The maximum atomic E-state index is 12.8. The molecule has 0 spiro atoms. The van der Waals surface area contributed by atoms with Crippen molar-refractivity contribution in [2.24, 2.45) is 0 Å². The van der Waals surface area contributed by atoms with E-state index in [0.29, 0.717) is 17.6 Å². The van der Waals surface area contributed by atoms with Gasteiger partial charge in [-0.15, -0.1) is 10.2 Å². The average Bonchev–Trinajstić information content (AvgIpc) is 3.36. The fraction of sp³-hybridized carbons (Fsp3) is 0.276. The topological polar surface area (TPSA) is 81.5 Å². The monoisotopic (exact) mass is 531 g/mol. The summed E-state index contributed by atoms with van der Waals surface area (Å²) < 4.78 is 13.4. The summed E-state index contributed by atoms with van der Waals surface area (Å²) in [6, 6.07) is 25.2. The largest absolute Gasteiger partial charge is 0.494 e. The first-order valence-electron chi connectivity index (χ1n) is 12.7. The molecule has 0 aliphatic heterocycles. The van der Waals surface area contributed by atoms with Crippen LogP contribution in [-0.4, -0.2) is 46.1 Å². The molecule has 1 amide bonds. The number of aromatic nitrogens is 3. The average molecular weight is 532 g/mol. The summed E-state index contributed by atoms with van der Waals surface area (Å²) in [6.45, 7) is 8.90. The van der Waals surface area contributed by atoms with Gasteiger partial charge in [-0.1, -0.05) is 30.0 Å². The van der Waals surface area contributed by atoms with Crippen LogP contribution >= 0.6 is 11.8 Å². The van der Waals surface area contributed by atoms with Gasteiger partial charge in [0.05, 0.1) is 12.4 Å². The smallest absolute Gasteiger partial charge is 0.234 e. The molecule has 9 heteroatoms. The van der Waals surface area contributed by atoms with E-state index in [9.17, 15) is 4.79 Å². The minimum atomic E-state index is -0.117. The van der Waals surface area contributed by atoms with Gasteiger partial charge in [0.25, 0.3) is 0 Å². The van der Waals surface area contributed by atoms with E-state index < -0.39 is 0 Å². The lowest BCUT2D eigenvalue weighted by Gasteiger charge is -2.21. The molecule has 38 heavy (non-hydrogen) atoms. The zero-order valence-corrected chi connectivity index (χ0v) is 22.8. The molecular formula is C29H33N5O3S. The van der Waals surface area contributed by atoms with Crippen molar-refractivity contribution in [3.8, 4) is 17.2 Å². The molecule has 0 aliphatic carbocycles. The van der Waals surface area contributed by atoms with Crippen molar-refractivity contribution in [2.45, 2.75) is 32.5 Å². The van der Waals surface area contributed by atoms with Crippen molar-refractivity contribution >= 4 is 29.0 Å². The van der Waals surface area contributed by atoms with Gasteiger partial charge in [0.2, 0.25) is 5.91 Å². The number of carbonyl (C=O) groups excluding carboxylic acids is 1. The van der Waals surface area contributed by atoms with Crippen LogP contribution in [0.3, 0.4) is 0 Å². The summed E-state index contributed by atoms with van der Waals surface area (Å²) in [7, 11) is 0. The van der Waals surface area contributed by atoms with E-state index >= 15 is 0 Å². The summed E-state index contributed by atoms with van der Waals surface area (Å²) in [6.07, 6.45) is 0. The maximum Gasteiger partial charge on any atom is 0.234 e. The van der Waals surface area contributed by atoms with Gasteiger partial charge in [-0.25, -0.2) is 0 Å². The van der Waals surface area contributed by atoms with Crippen LogP contribution in [0.2, 0.25) is 0 Å². The number of thioether (sulfide) groups is 1. The van der Waals surface area contributed by atoms with E-state index in [0.717, 1.165) is 41.7 Å². The minimum absolute atomic E-state index is 0.117. The van der Waals surface area contributed by atoms with Crippen LogP contribution in [-0.2, 0) is 11.4 Å². The summed E-state index contributed by atoms with van der Waals surface area (Å²) in [5.74, 6) is 2.23. The summed E-state index contributed by atoms with van der Waals surface area (Å²) in [4.78, 5) is 15.0. The van der Waals surface area contributed by atoms with Crippen LogP contribution in [0.15, 0.2) is 84.0 Å². The number of nitrogens with one attached hydrogen (secondary N) is 1. The van der Waals surface area contributed by atoms with Crippen LogP contribution in [0.5, 0.6) is 11.5 Å². The number of benzene rings is 3. The molecule has 0 saturated heterocycles. The molecule has 4 aromatic rings. The van der Waals surface area contributed by atoms with Gasteiger partial charge in [-0.05, 0) is 81.4 Å². The Morgan fingerprint density at radius 1 is 0.868 bits per heavy atom. The molecule has 198 valence electrons. The standard InChI is InChI=1S/C29H33N5O3S/c1-4-33(5-2)23-14-12-22(13-15-23)30-28(35)21-38-29-32-31-27(20-37-25-10-8-7-9-11-25)34(29)24-16-18-26(19-17-24)36-6-3/h7-19H,4-6,20-21H2,1-3H3,(H,30,35). The third-order valence-electron chi connectivity index (χ3n) is 5.83. The highest BCUT2D eigenvalue weighted by molar-refractivity contribution is 7.99. The Morgan fingerprint density at radius 3 is 2.21 bits per heavy atom. The maximum absolute atomic E-state index is 12.8. The van der Waals surface area contributed by atoms with Crippen molar-refractivity contribution in [3.63, 3.8) is 0 Å². The van der Waals surface area contributed by atoms with Crippen molar-refractivity contribution in [2.75, 3.05) is 35.7 Å². The Labute approximate surface area is 228 Å². The number of ether oxygens (including phenoxy) is 2. The van der Waals surface area contributed by atoms with Gasteiger partial charge in [-0.3, -0.25) is 9.36 Å². The van der Waals surface area contributed by atoms with E-state index in [-0.39, 0.29) is 18.3 Å². The molecule has 0 fully saturated rings. The Morgan fingerprint density at radius 2 is 1.55 bits per heavy atom. The lowest BCUT2D eigenvalue weighted by molar-refractivity contribution is -0.113. The zero-order valence-electron chi connectivity index (χ0n) is 22.0. The Balaban J connectivity index is 1.46. The van der Waals surface area contributed by atoms with Crippen LogP contribution in [0.1, 0.15) is 26.6 Å². The van der Waals surface area contributed by atoms with Gasteiger partial charge in [0, 0.05) is 30.2 Å². The minimum Gasteiger partial charge on any atom is -0.494 e. The van der Waals surface area contributed by atoms with Crippen molar-refractivity contribution in [3.05, 3.63) is 84.7 Å². The quantitative estimate of drug-likeness (QED) is 0.218. The van der Waals surface area contributed by atoms with Crippen LogP contribution in [0.4, 0.5) is 11.4 Å². The first-order valence-corrected chi connectivity index (χ1v) is 13.7. The zero-order chi connectivity index (χ0) is 26.7. The summed E-state index contributed by atoms with van der Waals surface area (Å²) in [5.41, 5.74) is 2.76. The van der Waals surface area contributed by atoms with E-state index in [1.807, 2.05) is 90.4 Å². The van der Waals surface area contributed by atoms with Gasteiger partial charge in [0.15, 0.2) is 11.0 Å². The first-order chi connectivity index (χ1) is 18.6. The number of hydrogen-bond donors (Lipinski definition) is 1. The summed E-state index contributed by atoms with van der Waals surface area (Å²) >= 11 is 1.32. The van der Waals surface area contributed by atoms with Gasteiger partial charge < -0.3 is 19.7 Å². The normalized spacial score (nSPS) is 10.7. The van der Waals surface area contributed by atoms with Crippen molar-refractivity contribution < 1.29 is 14.3 Å². The van der Waals surface area contributed by atoms with E-state index in [1.165, 1.54) is 11.8 Å². The fourth-order valence-corrected chi connectivity index (χ4v) is 4.71. The van der Waals surface area contributed by atoms with Crippen LogP contribution in [0.25, 0.3) is 5.69 Å². The predicted octanol–water partition coefficient (Wildman–Crippen LogP) is 5.82. The molecule has 0 saturated carbocycles. The van der Waals surface area contributed by atoms with Crippen LogP contribution in [0, 0.1) is 0 Å². The first kappa shape index (κ1) is 27.1. The molecule has 4 rings (SSSR count). The molecule has 3 aromatic carbocycles. The molecule has 0 aliphatic rings. The van der Waals surface area contributed by atoms with Crippen molar-refractivity contribution in [1.29, 1.82) is 0 Å². The van der Waals surface area contributed by atoms with Gasteiger partial charge >= 0.3 is 0 Å². The van der Waals surface area contributed by atoms with Gasteiger partial charge in [-0.2, -0.15) is 0 Å². The third kappa shape index (κ3) is 7.07. The predicted molar refractivity (Wildman–Crippen MR) is 153 cm³/mol. The molecule has 0 bridgehead atoms. The molecule has 1 heterocycles. The Hall–Kier alpha value is -3.98. The highest BCUT2D eigenvalue weighted by Gasteiger charge is 2.17. The second-order valence-electron chi connectivity index (χ2n) is 8.32. The molecule has 0 atom stereocenters. The lowest BCUT2D eigenvalue weighted by atomic mass is 10.2. The molecule has 1 N–H and O–H groups in total. The Kier molecular flexibility index (Phi) is 9.64. The Bertz CT molecular complexity index is 1290. The molecule has 0 radical (unpaired) electrons. The van der Waals surface area contributed by atoms with E-state index in [1.54, 1.807) is 0 Å². The lowest BCUT2D eigenvalue weighted by Crippen LogP contribution is -2.21. The second kappa shape index (κ2) is 13.5. The fourth-order valence-electron chi connectivity index (χ4n) is 3.94.